The zero-order valence-corrected chi connectivity index (χ0v) is 17.8. The summed E-state index contributed by atoms with van der Waals surface area (Å²) in [6, 6.07) is 12.9. The number of carbonyl (C=O) groups excluding carboxylic acids is 3. The highest BCUT2D eigenvalue weighted by molar-refractivity contribution is 5.98. The van der Waals surface area contributed by atoms with E-state index < -0.39 is 42.1 Å². The van der Waals surface area contributed by atoms with Crippen molar-refractivity contribution in [1.82, 2.24) is 10.6 Å². The van der Waals surface area contributed by atoms with Gasteiger partial charge in [0.05, 0.1) is 6.04 Å². The number of Topliss-reactive ketones (excluding diaryl/α,β-unsaturated/α-hetero) is 1. The van der Waals surface area contributed by atoms with Gasteiger partial charge in [-0.2, -0.15) is 0 Å². The highest BCUT2D eigenvalue weighted by Gasteiger charge is 2.29. The summed E-state index contributed by atoms with van der Waals surface area (Å²) in [5.74, 6) is -2.36. The van der Waals surface area contributed by atoms with Crippen molar-refractivity contribution in [2.75, 3.05) is 6.61 Å². The van der Waals surface area contributed by atoms with E-state index in [0.29, 0.717) is 19.3 Å². The fraction of sp³-hybridized carbons (Fsp3) is 0.375. The fourth-order valence-electron chi connectivity index (χ4n) is 3.20. The lowest BCUT2D eigenvalue weighted by Gasteiger charge is -2.26. The number of halogens is 1. The molecule has 2 amide bonds. The molecule has 0 spiro atoms. The van der Waals surface area contributed by atoms with Crippen LogP contribution in [0.3, 0.4) is 0 Å². The Bertz CT molecular complexity index is 888. The number of nitrogens with one attached hydrogen (secondary N) is 2. The van der Waals surface area contributed by atoms with E-state index in [1.807, 2.05) is 44.2 Å². The zero-order valence-electron chi connectivity index (χ0n) is 17.8. The van der Waals surface area contributed by atoms with Gasteiger partial charge in [-0.25, -0.2) is 4.39 Å². The van der Waals surface area contributed by atoms with Crippen molar-refractivity contribution in [2.24, 2.45) is 5.92 Å². The highest BCUT2D eigenvalue weighted by Crippen LogP contribution is 2.12. The summed E-state index contributed by atoms with van der Waals surface area (Å²) < 4.78 is 13.5. The standard InChI is InChI=1S/C24H29FN2O4/c1-3-16(2)22(27-23(30)18-10-7-11-19(25)14-18)24(31)26-20(21(29)15-28)13-12-17-8-5-4-6-9-17/h4-11,14,16,20,22,28H,3,12-13,15H2,1-2H3,(H,26,31)(H,27,30)/t16?,20-,22-/m0/s1. The van der Waals surface area contributed by atoms with Crippen molar-refractivity contribution < 1.29 is 23.9 Å². The van der Waals surface area contributed by atoms with Gasteiger partial charge in [-0.3, -0.25) is 14.4 Å². The molecule has 3 atom stereocenters. The maximum absolute atomic E-state index is 13.5. The normalized spacial score (nSPS) is 13.7. The Hall–Kier alpha value is -3.06. The molecule has 0 aliphatic rings. The zero-order chi connectivity index (χ0) is 22.8. The van der Waals surface area contributed by atoms with E-state index in [2.05, 4.69) is 10.6 Å². The number of amides is 2. The van der Waals surface area contributed by atoms with Gasteiger partial charge in [0.25, 0.3) is 5.91 Å². The van der Waals surface area contributed by atoms with E-state index in [1.54, 1.807) is 0 Å². The Balaban J connectivity index is 2.11. The van der Waals surface area contributed by atoms with E-state index in [-0.39, 0.29) is 11.5 Å². The molecule has 0 aliphatic heterocycles. The summed E-state index contributed by atoms with van der Waals surface area (Å²) in [6.07, 6.45) is 1.46. The molecule has 166 valence electrons. The van der Waals surface area contributed by atoms with Crippen LogP contribution in [0.15, 0.2) is 54.6 Å². The molecule has 0 aliphatic carbocycles. The van der Waals surface area contributed by atoms with Gasteiger partial charge < -0.3 is 15.7 Å². The van der Waals surface area contributed by atoms with Gasteiger partial charge in [0.1, 0.15) is 18.5 Å². The van der Waals surface area contributed by atoms with Gasteiger partial charge in [-0.1, -0.05) is 56.7 Å². The Kier molecular flexibility index (Phi) is 9.34. The third kappa shape index (κ3) is 7.29. The molecule has 0 bridgehead atoms. The maximum atomic E-state index is 13.5. The van der Waals surface area contributed by atoms with Crippen molar-refractivity contribution in [3.63, 3.8) is 0 Å². The van der Waals surface area contributed by atoms with Gasteiger partial charge in [-0.05, 0) is 42.5 Å². The van der Waals surface area contributed by atoms with Crippen LogP contribution in [0, 0.1) is 11.7 Å². The molecule has 0 aromatic heterocycles. The first-order valence-corrected chi connectivity index (χ1v) is 10.4. The Morgan fingerprint density at radius 2 is 1.74 bits per heavy atom. The quantitative estimate of drug-likeness (QED) is 0.513. The third-order valence-corrected chi connectivity index (χ3v) is 5.29. The lowest BCUT2D eigenvalue weighted by atomic mass is 9.96. The number of aliphatic hydroxyl groups excluding tert-OH is 1. The van der Waals surface area contributed by atoms with Crippen LogP contribution in [0.5, 0.6) is 0 Å². The van der Waals surface area contributed by atoms with Crippen LogP contribution < -0.4 is 10.6 Å². The minimum Gasteiger partial charge on any atom is -0.389 e. The van der Waals surface area contributed by atoms with E-state index in [9.17, 15) is 23.9 Å². The van der Waals surface area contributed by atoms with Crippen molar-refractivity contribution in [2.45, 2.75) is 45.2 Å². The SMILES string of the molecule is CCC(C)[C@H](NC(=O)c1cccc(F)c1)C(=O)N[C@@H](CCc1ccccc1)C(=O)CO. The lowest BCUT2D eigenvalue weighted by molar-refractivity contribution is -0.131. The Morgan fingerprint density at radius 1 is 1.03 bits per heavy atom. The predicted octanol–water partition coefficient (Wildman–Crippen LogP) is 2.65. The van der Waals surface area contributed by atoms with Gasteiger partial charge in [0.2, 0.25) is 5.91 Å². The van der Waals surface area contributed by atoms with Crippen LogP contribution in [0.4, 0.5) is 4.39 Å². The summed E-state index contributed by atoms with van der Waals surface area (Å²) in [5.41, 5.74) is 1.11. The topological polar surface area (TPSA) is 95.5 Å². The molecule has 0 saturated carbocycles. The minimum atomic E-state index is -0.911. The monoisotopic (exact) mass is 428 g/mol. The lowest BCUT2D eigenvalue weighted by Crippen LogP contribution is -2.54. The van der Waals surface area contributed by atoms with Crippen LogP contribution >= 0.6 is 0 Å². The average molecular weight is 429 g/mol. The van der Waals surface area contributed by atoms with E-state index in [0.717, 1.165) is 11.6 Å². The van der Waals surface area contributed by atoms with Gasteiger partial charge in [0.15, 0.2) is 5.78 Å². The second-order valence-corrected chi connectivity index (χ2v) is 7.56. The van der Waals surface area contributed by atoms with E-state index >= 15 is 0 Å². The molecule has 0 radical (unpaired) electrons. The van der Waals surface area contributed by atoms with Crippen LogP contribution in [0.2, 0.25) is 0 Å². The molecule has 2 aromatic rings. The number of carbonyl (C=O) groups is 3. The molecule has 7 heteroatoms. The largest absolute Gasteiger partial charge is 0.389 e. The summed E-state index contributed by atoms with van der Waals surface area (Å²) in [6.45, 7) is 3.00. The van der Waals surface area contributed by atoms with E-state index in [4.69, 9.17) is 0 Å². The molecule has 2 aromatic carbocycles. The smallest absolute Gasteiger partial charge is 0.252 e. The van der Waals surface area contributed by atoms with Crippen molar-refractivity contribution in [3.8, 4) is 0 Å². The van der Waals surface area contributed by atoms with Gasteiger partial charge in [-0.15, -0.1) is 0 Å². The van der Waals surface area contributed by atoms with Crippen LogP contribution in [-0.4, -0.2) is 41.4 Å². The van der Waals surface area contributed by atoms with Crippen molar-refractivity contribution in [1.29, 1.82) is 0 Å². The van der Waals surface area contributed by atoms with Crippen molar-refractivity contribution in [3.05, 3.63) is 71.5 Å². The average Bonchev–Trinajstić information content (AvgIpc) is 2.79. The first-order chi connectivity index (χ1) is 14.8. The Morgan fingerprint density at radius 3 is 2.35 bits per heavy atom. The molecular weight excluding hydrogens is 399 g/mol. The molecule has 3 N–H and O–H groups in total. The molecule has 6 nitrogen and oxygen atoms in total. The molecule has 1 unspecified atom stereocenters. The van der Waals surface area contributed by atoms with Crippen LogP contribution in [0.1, 0.15) is 42.6 Å². The van der Waals surface area contributed by atoms with Gasteiger partial charge >= 0.3 is 0 Å². The van der Waals surface area contributed by atoms with Crippen LogP contribution in [0.25, 0.3) is 0 Å². The second kappa shape index (κ2) is 12.0. The summed E-state index contributed by atoms with van der Waals surface area (Å²) >= 11 is 0. The fourth-order valence-corrected chi connectivity index (χ4v) is 3.20. The molecule has 0 heterocycles. The second-order valence-electron chi connectivity index (χ2n) is 7.56. The molecule has 0 fully saturated rings. The minimum absolute atomic E-state index is 0.105. The summed E-state index contributed by atoms with van der Waals surface area (Å²) in [7, 11) is 0. The third-order valence-electron chi connectivity index (χ3n) is 5.29. The first-order valence-electron chi connectivity index (χ1n) is 10.4. The number of benzene rings is 2. The molecule has 31 heavy (non-hydrogen) atoms. The summed E-state index contributed by atoms with van der Waals surface area (Å²) in [5, 5.41) is 14.7. The summed E-state index contributed by atoms with van der Waals surface area (Å²) in [4.78, 5) is 37.8. The number of hydrogen-bond donors (Lipinski definition) is 3. The van der Waals surface area contributed by atoms with Gasteiger partial charge in [0, 0.05) is 5.56 Å². The maximum Gasteiger partial charge on any atom is 0.252 e. The van der Waals surface area contributed by atoms with Crippen molar-refractivity contribution >= 4 is 17.6 Å². The number of ketones is 1. The molecular formula is C24H29FN2O4. The molecule has 2 rings (SSSR count). The predicted molar refractivity (Wildman–Crippen MR) is 116 cm³/mol. The van der Waals surface area contributed by atoms with E-state index in [1.165, 1.54) is 18.2 Å². The van der Waals surface area contributed by atoms with Crippen LogP contribution in [-0.2, 0) is 16.0 Å². The number of rotatable bonds is 11. The number of hydrogen-bond acceptors (Lipinski definition) is 4. The first kappa shape index (κ1) is 24.2. The number of aliphatic hydroxyl groups is 1. The molecule has 0 saturated heterocycles. The number of aryl methyl sites for hydroxylation is 1. The Labute approximate surface area is 181 Å². The highest BCUT2D eigenvalue weighted by atomic mass is 19.1.